The van der Waals surface area contributed by atoms with Crippen molar-refractivity contribution in [3.8, 4) is 11.6 Å². The molecular weight excluding hydrogens is 373 g/mol. The molecule has 0 N–H and O–H groups in total. The number of benzene rings is 1. The second-order valence-electron chi connectivity index (χ2n) is 6.93. The predicted octanol–water partition coefficient (Wildman–Crippen LogP) is 3.64. The van der Waals surface area contributed by atoms with Gasteiger partial charge in [0.2, 0.25) is 5.88 Å². The van der Waals surface area contributed by atoms with E-state index in [9.17, 15) is 9.18 Å². The summed E-state index contributed by atoms with van der Waals surface area (Å²) < 4.78 is 21.5. The lowest BCUT2D eigenvalue weighted by molar-refractivity contribution is 0.0698. The number of rotatable bonds is 5. The zero-order valence-electron chi connectivity index (χ0n) is 16.2. The molecule has 0 aliphatic carbocycles. The van der Waals surface area contributed by atoms with E-state index < -0.39 is 5.82 Å². The van der Waals surface area contributed by atoms with Gasteiger partial charge < -0.3 is 9.64 Å². The van der Waals surface area contributed by atoms with Gasteiger partial charge in [0, 0.05) is 44.1 Å². The lowest BCUT2D eigenvalue weighted by Gasteiger charge is -2.32. The first-order valence-electron chi connectivity index (χ1n) is 9.71. The number of amides is 1. The van der Waals surface area contributed by atoms with E-state index in [1.54, 1.807) is 46.2 Å². The zero-order valence-corrected chi connectivity index (χ0v) is 16.2. The number of nitrogens with zero attached hydrogens (tertiary/aromatic N) is 5. The Balaban J connectivity index is 1.54. The Hall–Kier alpha value is -3.29. The minimum atomic E-state index is -0.462. The summed E-state index contributed by atoms with van der Waals surface area (Å²) in [6.07, 6.45) is 6.59. The number of likely N-dealkylation sites (tertiary alicyclic amines) is 1. The first-order chi connectivity index (χ1) is 14.2. The van der Waals surface area contributed by atoms with Crippen molar-refractivity contribution < 1.29 is 13.9 Å². The largest absolute Gasteiger partial charge is 0.434 e. The Morgan fingerprint density at radius 1 is 1.24 bits per heavy atom. The van der Waals surface area contributed by atoms with E-state index in [-0.39, 0.29) is 23.5 Å². The molecule has 1 saturated heterocycles. The zero-order chi connectivity index (χ0) is 20.2. The molecule has 1 fully saturated rings. The molecule has 1 aliphatic heterocycles. The molecule has 1 aliphatic rings. The second kappa shape index (κ2) is 8.38. The molecule has 0 saturated carbocycles. The van der Waals surface area contributed by atoms with E-state index in [4.69, 9.17) is 4.74 Å². The molecule has 0 bridgehead atoms. The van der Waals surface area contributed by atoms with Crippen LogP contribution in [0.1, 0.15) is 41.9 Å². The first-order valence-corrected chi connectivity index (χ1v) is 9.71. The Labute approximate surface area is 168 Å². The van der Waals surface area contributed by atoms with E-state index in [1.807, 2.05) is 6.92 Å². The highest BCUT2D eigenvalue weighted by atomic mass is 19.1. The first kappa shape index (κ1) is 19.0. The molecule has 1 unspecified atom stereocenters. The average molecular weight is 395 g/mol. The Kier molecular flexibility index (Phi) is 5.50. The van der Waals surface area contributed by atoms with Crippen molar-refractivity contribution in [2.45, 2.75) is 32.2 Å². The SMILES string of the molecule is CCn1ccc(C(=O)N2CCCC(c3nccnc3Oc3ccccc3F)C2)n1. The minimum Gasteiger partial charge on any atom is -0.434 e. The van der Waals surface area contributed by atoms with Crippen LogP contribution in [0.25, 0.3) is 0 Å². The van der Waals surface area contributed by atoms with Crippen LogP contribution in [0.15, 0.2) is 48.9 Å². The summed E-state index contributed by atoms with van der Waals surface area (Å²) in [6.45, 7) is 3.85. The van der Waals surface area contributed by atoms with Gasteiger partial charge in [-0.05, 0) is 38.0 Å². The average Bonchev–Trinajstić information content (AvgIpc) is 3.25. The van der Waals surface area contributed by atoms with Crippen LogP contribution in [0.2, 0.25) is 0 Å². The normalized spacial score (nSPS) is 16.6. The van der Waals surface area contributed by atoms with Gasteiger partial charge in [0.25, 0.3) is 5.91 Å². The number of aromatic nitrogens is 4. The highest BCUT2D eigenvalue weighted by molar-refractivity contribution is 5.92. The van der Waals surface area contributed by atoms with Crippen molar-refractivity contribution in [3.63, 3.8) is 0 Å². The van der Waals surface area contributed by atoms with Crippen LogP contribution in [-0.2, 0) is 6.54 Å². The molecule has 1 aromatic carbocycles. The fourth-order valence-electron chi connectivity index (χ4n) is 3.53. The lowest BCUT2D eigenvalue weighted by Crippen LogP contribution is -2.39. The summed E-state index contributed by atoms with van der Waals surface area (Å²) in [5.41, 5.74) is 1.07. The smallest absolute Gasteiger partial charge is 0.274 e. The number of hydrogen-bond donors (Lipinski definition) is 0. The molecule has 29 heavy (non-hydrogen) atoms. The number of piperidine rings is 1. The van der Waals surface area contributed by atoms with Gasteiger partial charge in [0.1, 0.15) is 11.4 Å². The molecule has 8 heteroatoms. The lowest BCUT2D eigenvalue weighted by atomic mass is 9.94. The van der Waals surface area contributed by atoms with Crippen LogP contribution in [0.3, 0.4) is 0 Å². The Morgan fingerprint density at radius 3 is 2.86 bits per heavy atom. The van der Waals surface area contributed by atoms with Crippen molar-refractivity contribution in [2.24, 2.45) is 0 Å². The molecule has 0 radical (unpaired) electrons. The number of aryl methyl sites for hydroxylation is 1. The van der Waals surface area contributed by atoms with E-state index in [0.29, 0.717) is 31.0 Å². The molecule has 7 nitrogen and oxygen atoms in total. The topological polar surface area (TPSA) is 73.1 Å². The highest BCUT2D eigenvalue weighted by Gasteiger charge is 2.30. The summed E-state index contributed by atoms with van der Waals surface area (Å²) >= 11 is 0. The maximum atomic E-state index is 14.0. The number of carbonyl (C=O) groups excluding carboxylic acids is 1. The van der Waals surface area contributed by atoms with E-state index in [1.165, 1.54) is 12.3 Å². The Morgan fingerprint density at radius 2 is 2.07 bits per heavy atom. The molecule has 1 atom stereocenters. The highest BCUT2D eigenvalue weighted by Crippen LogP contribution is 2.33. The van der Waals surface area contributed by atoms with E-state index in [2.05, 4.69) is 15.1 Å². The molecule has 0 spiro atoms. The maximum Gasteiger partial charge on any atom is 0.274 e. The molecule has 3 aromatic rings. The van der Waals surface area contributed by atoms with Gasteiger partial charge in [0.15, 0.2) is 11.6 Å². The summed E-state index contributed by atoms with van der Waals surface area (Å²) in [5.74, 6) is -0.231. The molecular formula is C21H22FN5O2. The van der Waals surface area contributed by atoms with Crippen LogP contribution in [0, 0.1) is 5.82 Å². The molecule has 150 valence electrons. The van der Waals surface area contributed by atoms with Crippen LogP contribution in [0.5, 0.6) is 11.6 Å². The van der Waals surface area contributed by atoms with Gasteiger partial charge in [-0.1, -0.05) is 12.1 Å². The van der Waals surface area contributed by atoms with Gasteiger partial charge in [-0.3, -0.25) is 14.5 Å². The third-order valence-electron chi connectivity index (χ3n) is 5.01. The van der Waals surface area contributed by atoms with Crippen molar-refractivity contribution in [1.29, 1.82) is 0 Å². The van der Waals surface area contributed by atoms with Gasteiger partial charge in [-0.25, -0.2) is 9.37 Å². The fourth-order valence-corrected chi connectivity index (χ4v) is 3.53. The van der Waals surface area contributed by atoms with Crippen molar-refractivity contribution in [3.05, 3.63) is 66.1 Å². The quantitative estimate of drug-likeness (QED) is 0.659. The summed E-state index contributed by atoms with van der Waals surface area (Å²) in [7, 11) is 0. The number of carbonyl (C=O) groups is 1. The summed E-state index contributed by atoms with van der Waals surface area (Å²) in [5, 5.41) is 4.32. The maximum absolute atomic E-state index is 14.0. The number of hydrogen-bond acceptors (Lipinski definition) is 5. The molecule has 4 rings (SSSR count). The molecule has 2 aromatic heterocycles. The van der Waals surface area contributed by atoms with Crippen molar-refractivity contribution >= 4 is 5.91 Å². The van der Waals surface area contributed by atoms with Gasteiger partial charge >= 0.3 is 0 Å². The molecule has 3 heterocycles. The third-order valence-corrected chi connectivity index (χ3v) is 5.01. The summed E-state index contributed by atoms with van der Waals surface area (Å²) in [4.78, 5) is 23.4. The predicted molar refractivity (Wildman–Crippen MR) is 104 cm³/mol. The monoisotopic (exact) mass is 395 g/mol. The van der Waals surface area contributed by atoms with Crippen molar-refractivity contribution in [1.82, 2.24) is 24.6 Å². The standard InChI is InChI=1S/C21H22FN5O2/c1-2-27-13-9-17(25-27)21(28)26-12-5-6-15(14-26)19-20(24-11-10-23-19)29-18-8-4-3-7-16(18)22/h3-4,7-11,13,15H,2,5-6,12,14H2,1H3. The van der Waals surface area contributed by atoms with Gasteiger partial charge in [0.05, 0.1) is 0 Å². The van der Waals surface area contributed by atoms with Crippen LogP contribution < -0.4 is 4.74 Å². The number of halogens is 1. The summed E-state index contributed by atoms with van der Waals surface area (Å²) in [6, 6.07) is 7.93. The second-order valence-corrected chi connectivity index (χ2v) is 6.93. The Bertz CT molecular complexity index is 1010. The number of para-hydroxylation sites is 1. The third kappa shape index (κ3) is 4.11. The van der Waals surface area contributed by atoms with E-state index in [0.717, 1.165) is 12.8 Å². The number of ether oxygens (including phenoxy) is 1. The van der Waals surface area contributed by atoms with Gasteiger partial charge in [-0.15, -0.1) is 0 Å². The van der Waals surface area contributed by atoms with Crippen molar-refractivity contribution in [2.75, 3.05) is 13.1 Å². The molecule has 1 amide bonds. The van der Waals surface area contributed by atoms with Gasteiger partial charge in [-0.2, -0.15) is 5.10 Å². The fraction of sp³-hybridized carbons (Fsp3) is 0.333. The van der Waals surface area contributed by atoms with E-state index >= 15 is 0 Å². The minimum absolute atomic E-state index is 0.0450. The van der Waals surface area contributed by atoms with Crippen LogP contribution >= 0.6 is 0 Å². The van der Waals surface area contributed by atoms with Crippen LogP contribution in [0.4, 0.5) is 4.39 Å². The van der Waals surface area contributed by atoms with Crippen LogP contribution in [-0.4, -0.2) is 43.6 Å².